The van der Waals surface area contributed by atoms with Crippen LogP contribution in [0.3, 0.4) is 0 Å². The first-order chi connectivity index (χ1) is 8.08. The smallest absolute Gasteiger partial charge is 0.103 e. The molecular weight excluding hydrogens is 228 g/mol. The fourth-order valence-corrected chi connectivity index (χ4v) is 2.15. The SMILES string of the molecule is CC(C)N(CC1CC1)c1ccc(C(N)=S)cc1. The van der Waals surface area contributed by atoms with Crippen LogP contribution in [0.15, 0.2) is 24.3 Å². The second-order valence-electron chi connectivity index (χ2n) is 5.10. The Morgan fingerprint density at radius 2 is 1.94 bits per heavy atom. The zero-order valence-electron chi connectivity index (χ0n) is 10.5. The monoisotopic (exact) mass is 248 g/mol. The molecule has 0 amide bonds. The number of rotatable bonds is 5. The Hall–Kier alpha value is -1.09. The molecule has 1 aliphatic rings. The van der Waals surface area contributed by atoms with Gasteiger partial charge in [-0.1, -0.05) is 12.2 Å². The van der Waals surface area contributed by atoms with Crippen LogP contribution in [-0.2, 0) is 0 Å². The summed E-state index contributed by atoms with van der Waals surface area (Å²) in [5.74, 6) is 0.896. The highest BCUT2D eigenvalue weighted by atomic mass is 32.1. The van der Waals surface area contributed by atoms with Crippen LogP contribution in [0.1, 0.15) is 32.3 Å². The van der Waals surface area contributed by atoms with Gasteiger partial charge in [0.25, 0.3) is 0 Å². The molecule has 2 nitrogen and oxygen atoms in total. The lowest BCUT2D eigenvalue weighted by molar-refractivity contribution is 0.645. The Labute approximate surface area is 109 Å². The number of thiocarbonyl (C=S) groups is 1. The predicted octanol–water partition coefficient (Wildman–Crippen LogP) is 2.95. The van der Waals surface area contributed by atoms with Crippen molar-refractivity contribution in [3.63, 3.8) is 0 Å². The van der Waals surface area contributed by atoms with E-state index >= 15 is 0 Å². The standard InChI is InChI=1S/C14H20N2S/c1-10(2)16(9-11-3-4-11)13-7-5-12(6-8-13)14(15)17/h5-8,10-11H,3-4,9H2,1-2H3,(H2,15,17). The first-order valence-electron chi connectivity index (χ1n) is 6.24. The average Bonchev–Trinajstić information content (AvgIpc) is 3.09. The van der Waals surface area contributed by atoms with Crippen LogP contribution < -0.4 is 10.6 Å². The third kappa shape index (κ3) is 3.19. The van der Waals surface area contributed by atoms with Gasteiger partial charge in [-0.2, -0.15) is 0 Å². The average molecular weight is 248 g/mol. The lowest BCUT2D eigenvalue weighted by Crippen LogP contribution is -2.32. The van der Waals surface area contributed by atoms with E-state index in [2.05, 4.69) is 30.9 Å². The number of anilines is 1. The van der Waals surface area contributed by atoms with E-state index in [1.165, 1.54) is 25.1 Å². The molecule has 0 saturated heterocycles. The summed E-state index contributed by atoms with van der Waals surface area (Å²) >= 11 is 4.97. The van der Waals surface area contributed by atoms with Crippen molar-refractivity contribution in [2.24, 2.45) is 11.7 Å². The van der Waals surface area contributed by atoms with Gasteiger partial charge in [-0.15, -0.1) is 0 Å². The number of nitrogens with zero attached hydrogens (tertiary/aromatic N) is 1. The van der Waals surface area contributed by atoms with Gasteiger partial charge in [0, 0.05) is 23.8 Å². The summed E-state index contributed by atoms with van der Waals surface area (Å²) in [4.78, 5) is 2.93. The Bertz CT molecular complexity index is 393. The van der Waals surface area contributed by atoms with E-state index in [-0.39, 0.29) is 0 Å². The van der Waals surface area contributed by atoms with E-state index in [1.54, 1.807) is 0 Å². The zero-order chi connectivity index (χ0) is 12.4. The minimum Gasteiger partial charge on any atom is -0.389 e. The largest absolute Gasteiger partial charge is 0.389 e. The van der Waals surface area contributed by atoms with Crippen LogP contribution in [0, 0.1) is 5.92 Å². The molecule has 1 aliphatic carbocycles. The molecule has 0 aromatic heterocycles. The van der Waals surface area contributed by atoms with Crippen molar-refractivity contribution in [2.45, 2.75) is 32.7 Å². The first kappa shape index (κ1) is 12.4. The highest BCUT2D eigenvalue weighted by Gasteiger charge is 2.25. The van der Waals surface area contributed by atoms with E-state index in [9.17, 15) is 0 Å². The molecule has 0 atom stereocenters. The summed E-state index contributed by atoms with van der Waals surface area (Å²) in [6.07, 6.45) is 2.77. The normalized spacial score (nSPS) is 15.0. The summed E-state index contributed by atoms with van der Waals surface area (Å²) in [6.45, 7) is 5.65. The maximum absolute atomic E-state index is 5.61. The fraction of sp³-hybridized carbons (Fsp3) is 0.500. The number of hydrogen-bond acceptors (Lipinski definition) is 2. The van der Waals surface area contributed by atoms with Crippen molar-refractivity contribution < 1.29 is 0 Å². The quantitative estimate of drug-likeness (QED) is 0.812. The van der Waals surface area contributed by atoms with E-state index in [4.69, 9.17) is 18.0 Å². The Morgan fingerprint density at radius 1 is 1.35 bits per heavy atom. The van der Waals surface area contributed by atoms with E-state index < -0.39 is 0 Å². The van der Waals surface area contributed by atoms with Gasteiger partial charge in [-0.3, -0.25) is 0 Å². The van der Waals surface area contributed by atoms with Gasteiger partial charge < -0.3 is 10.6 Å². The first-order valence-corrected chi connectivity index (χ1v) is 6.65. The van der Waals surface area contributed by atoms with Gasteiger partial charge in [0.1, 0.15) is 4.99 Å². The molecule has 1 aromatic rings. The molecule has 0 aliphatic heterocycles. The van der Waals surface area contributed by atoms with Crippen LogP contribution in [0.5, 0.6) is 0 Å². The lowest BCUT2D eigenvalue weighted by Gasteiger charge is -2.29. The van der Waals surface area contributed by atoms with Crippen molar-refractivity contribution in [1.29, 1.82) is 0 Å². The molecule has 92 valence electrons. The fourth-order valence-electron chi connectivity index (χ4n) is 2.01. The maximum atomic E-state index is 5.61. The highest BCUT2D eigenvalue weighted by Crippen LogP contribution is 2.32. The number of hydrogen-bond donors (Lipinski definition) is 1. The molecule has 17 heavy (non-hydrogen) atoms. The van der Waals surface area contributed by atoms with Crippen molar-refractivity contribution in [3.8, 4) is 0 Å². The topological polar surface area (TPSA) is 29.3 Å². The Balaban J connectivity index is 2.14. The van der Waals surface area contributed by atoms with Crippen LogP contribution in [0.2, 0.25) is 0 Å². The number of nitrogens with two attached hydrogens (primary N) is 1. The highest BCUT2D eigenvalue weighted by molar-refractivity contribution is 7.80. The molecule has 1 fully saturated rings. The summed E-state index contributed by atoms with van der Waals surface area (Å²) in [5.41, 5.74) is 7.82. The van der Waals surface area contributed by atoms with Crippen molar-refractivity contribution in [3.05, 3.63) is 29.8 Å². The van der Waals surface area contributed by atoms with Crippen LogP contribution in [-0.4, -0.2) is 17.6 Å². The van der Waals surface area contributed by atoms with E-state index in [0.29, 0.717) is 11.0 Å². The molecule has 3 heteroatoms. The van der Waals surface area contributed by atoms with Crippen molar-refractivity contribution in [2.75, 3.05) is 11.4 Å². The van der Waals surface area contributed by atoms with Crippen molar-refractivity contribution >= 4 is 22.9 Å². The minimum absolute atomic E-state index is 0.467. The third-order valence-electron chi connectivity index (χ3n) is 3.26. The summed E-state index contributed by atoms with van der Waals surface area (Å²) < 4.78 is 0. The van der Waals surface area contributed by atoms with Gasteiger partial charge in [-0.05, 0) is 56.9 Å². The minimum atomic E-state index is 0.467. The van der Waals surface area contributed by atoms with Gasteiger partial charge >= 0.3 is 0 Å². The maximum Gasteiger partial charge on any atom is 0.103 e. The van der Waals surface area contributed by atoms with E-state index in [1.807, 2.05) is 12.1 Å². The summed E-state index contributed by atoms with van der Waals surface area (Å²) in [6, 6.07) is 8.81. The van der Waals surface area contributed by atoms with Gasteiger partial charge in [0.15, 0.2) is 0 Å². The molecule has 0 heterocycles. The molecule has 0 bridgehead atoms. The summed E-state index contributed by atoms with van der Waals surface area (Å²) in [5, 5.41) is 0. The Kier molecular flexibility index (Phi) is 3.67. The molecule has 0 unspecified atom stereocenters. The molecule has 0 spiro atoms. The van der Waals surface area contributed by atoms with Gasteiger partial charge in [0.05, 0.1) is 0 Å². The molecule has 2 N–H and O–H groups in total. The van der Waals surface area contributed by atoms with Crippen LogP contribution in [0.25, 0.3) is 0 Å². The predicted molar refractivity (Wildman–Crippen MR) is 77.5 cm³/mol. The van der Waals surface area contributed by atoms with Gasteiger partial charge in [0.2, 0.25) is 0 Å². The molecule has 0 radical (unpaired) electrons. The van der Waals surface area contributed by atoms with E-state index in [0.717, 1.165) is 11.5 Å². The summed E-state index contributed by atoms with van der Waals surface area (Å²) in [7, 11) is 0. The number of benzene rings is 1. The second-order valence-corrected chi connectivity index (χ2v) is 5.54. The lowest BCUT2D eigenvalue weighted by atomic mass is 10.1. The zero-order valence-corrected chi connectivity index (χ0v) is 11.3. The van der Waals surface area contributed by atoms with Crippen LogP contribution >= 0.6 is 12.2 Å². The third-order valence-corrected chi connectivity index (χ3v) is 3.49. The molecule has 1 saturated carbocycles. The van der Waals surface area contributed by atoms with Gasteiger partial charge in [-0.25, -0.2) is 0 Å². The molecule has 2 rings (SSSR count). The second kappa shape index (κ2) is 5.05. The van der Waals surface area contributed by atoms with Crippen molar-refractivity contribution in [1.82, 2.24) is 0 Å². The Morgan fingerprint density at radius 3 is 2.35 bits per heavy atom. The van der Waals surface area contributed by atoms with Crippen LogP contribution in [0.4, 0.5) is 5.69 Å². The molecule has 1 aromatic carbocycles. The molecular formula is C14H20N2S.